The zero-order valence-corrected chi connectivity index (χ0v) is 16.5. The molecule has 0 amide bonds. The summed E-state index contributed by atoms with van der Waals surface area (Å²) in [4.78, 5) is 8.93. The van der Waals surface area contributed by atoms with E-state index < -0.39 is 0 Å². The topological polar surface area (TPSA) is 79.1 Å². The van der Waals surface area contributed by atoms with E-state index in [0.717, 1.165) is 22.3 Å². The Balaban J connectivity index is 1.57. The van der Waals surface area contributed by atoms with Crippen LogP contribution in [0.3, 0.4) is 0 Å². The molecule has 3 heterocycles. The van der Waals surface area contributed by atoms with Crippen molar-refractivity contribution in [3.05, 3.63) is 90.0 Å². The highest BCUT2D eigenvalue weighted by atomic mass is 16.5. The van der Waals surface area contributed by atoms with Gasteiger partial charge in [0.2, 0.25) is 5.89 Å². The molecule has 7 nitrogen and oxygen atoms in total. The molecule has 0 aliphatic rings. The second-order valence-electron chi connectivity index (χ2n) is 6.99. The fourth-order valence-corrected chi connectivity index (χ4v) is 3.53. The summed E-state index contributed by atoms with van der Waals surface area (Å²) in [5, 5.41) is 5.84. The Bertz CT molecular complexity index is 1260. The Morgan fingerprint density at radius 3 is 2.67 bits per heavy atom. The van der Waals surface area contributed by atoms with Crippen LogP contribution in [-0.4, -0.2) is 26.9 Å². The molecule has 0 radical (unpaired) electrons. The third kappa shape index (κ3) is 3.51. The van der Waals surface area contributed by atoms with E-state index in [1.165, 1.54) is 12.0 Å². The van der Waals surface area contributed by atoms with Crippen molar-refractivity contribution in [1.29, 1.82) is 0 Å². The summed E-state index contributed by atoms with van der Waals surface area (Å²) in [6.07, 6.45) is 3.52. The smallest absolute Gasteiger partial charge is 0.248 e. The molecule has 0 fully saturated rings. The molecular formula is C23H20N4O3. The van der Waals surface area contributed by atoms with Gasteiger partial charge in [0.15, 0.2) is 17.8 Å². The van der Waals surface area contributed by atoms with E-state index in [1.807, 2.05) is 41.1 Å². The van der Waals surface area contributed by atoms with E-state index in [4.69, 9.17) is 23.7 Å². The lowest BCUT2D eigenvalue weighted by molar-refractivity contribution is 0.164. The molecule has 2 aromatic carbocycles. The Hall–Kier alpha value is -3.71. The molecule has 5 aromatic rings. The first-order valence-electron chi connectivity index (χ1n) is 9.66. The van der Waals surface area contributed by atoms with Crippen LogP contribution in [0, 0.1) is 0 Å². The average molecular weight is 400 g/mol. The standard InChI is InChI=1S/C23H20N4O3/c1-28-14-21-19(11-17-13-29-15-24-17)25-23(30-21)22-18-9-5-6-10-20(18)27(26-22)12-16-7-3-2-4-8-16/h2-10,13,15H,11-12,14H2,1H3. The highest BCUT2D eigenvalue weighted by Crippen LogP contribution is 2.30. The summed E-state index contributed by atoms with van der Waals surface area (Å²) in [6, 6.07) is 18.4. The largest absolute Gasteiger partial charge is 0.451 e. The molecule has 7 heteroatoms. The van der Waals surface area contributed by atoms with Crippen LogP contribution in [-0.2, 0) is 24.3 Å². The minimum Gasteiger partial charge on any atom is -0.451 e. The normalized spacial score (nSPS) is 11.4. The highest BCUT2D eigenvalue weighted by molar-refractivity contribution is 5.91. The van der Waals surface area contributed by atoms with Crippen molar-refractivity contribution >= 4 is 10.9 Å². The van der Waals surface area contributed by atoms with Crippen molar-refractivity contribution in [2.24, 2.45) is 0 Å². The second kappa shape index (κ2) is 7.96. The van der Waals surface area contributed by atoms with Gasteiger partial charge in [0.05, 0.1) is 23.4 Å². The van der Waals surface area contributed by atoms with Gasteiger partial charge in [0.25, 0.3) is 0 Å². The number of oxazole rings is 2. The van der Waals surface area contributed by atoms with Crippen LogP contribution in [0.25, 0.3) is 22.5 Å². The van der Waals surface area contributed by atoms with Gasteiger partial charge in [-0.15, -0.1) is 0 Å². The molecule has 0 aliphatic heterocycles. The van der Waals surface area contributed by atoms with Crippen molar-refractivity contribution in [1.82, 2.24) is 19.7 Å². The van der Waals surface area contributed by atoms with Crippen LogP contribution in [0.5, 0.6) is 0 Å². The maximum Gasteiger partial charge on any atom is 0.248 e. The maximum atomic E-state index is 6.09. The monoisotopic (exact) mass is 400 g/mol. The molecule has 150 valence electrons. The molecule has 0 aliphatic carbocycles. The zero-order chi connectivity index (χ0) is 20.3. The number of fused-ring (bicyclic) bond motifs is 1. The number of hydrogen-bond acceptors (Lipinski definition) is 6. The Morgan fingerprint density at radius 1 is 1.03 bits per heavy atom. The lowest BCUT2D eigenvalue weighted by Crippen LogP contribution is -2.01. The third-order valence-electron chi connectivity index (χ3n) is 4.92. The van der Waals surface area contributed by atoms with Gasteiger partial charge in [-0.05, 0) is 11.6 Å². The molecule has 0 saturated carbocycles. The molecule has 3 aromatic heterocycles. The van der Waals surface area contributed by atoms with Crippen LogP contribution in [0.1, 0.15) is 22.7 Å². The first-order valence-corrected chi connectivity index (χ1v) is 9.66. The van der Waals surface area contributed by atoms with Gasteiger partial charge in [0, 0.05) is 18.9 Å². The molecular weight excluding hydrogens is 380 g/mol. The van der Waals surface area contributed by atoms with E-state index in [0.29, 0.717) is 36.9 Å². The molecule has 0 unspecified atom stereocenters. The fourth-order valence-electron chi connectivity index (χ4n) is 3.53. The minimum atomic E-state index is 0.322. The number of methoxy groups -OCH3 is 1. The number of ether oxygens (including phenoxy) is 1. The zero-order valence-electron chi connectivity index (χ0n) is 16.5. The predicted octanol–water partition coefficient (Wildman–Crippen LogP) is 4.46. The van der Waals surface area contributed by atoms with Crippen LogP contribution >= 0.6 is 0 Å². The molecule has 0 atom stereocenters. The first kappa shape index (κ1) is 18.3. The summed E-state index contributed by atoms with van der Waals surface area (Å²) in [5.74, 6) is 1.14. The van der Waals surface area contributed by atoms with Crippen molar-refractivity contribution in [2.45, 2.75) is 19.6 Å². The Labute approximate surface area is 172 Å². The van der Waals surface area contributed by atoms with Gasteiger partial charge < -0.3 is 13.6 Å². The quantitative estimate of drug-likeness (QED) is 0.401. The van der Waals surface area contributed by atoms with E-state index in [9.17, 15) is 0 Å². The van der Waals surface area contributed by atoms with Crippen molar-refractivity contribution < 1.29 is 13.6 Å². The lowest BCUT2D eigenvalue weighted by Gasteiger charge is -2.03. The minimum absolute atomic E-state index is 0.322. The van der Waals surface area contributed by atoms with Gasteiger partial charge in [-0.3, -0.25) is 4.68 Å². The van der Waals surface area contributed by atoms with Crippen molar-refractivity contribution in [2.75, 3.05) is 7.11 Å². The van der Waals surface area contributed by atoms with Gasteiger partial charge in [0.1, 0.15) is 12.9 Å². The van der Waals surface area contributed by atoms with Gasteiger partial charge in [-0.25, -0.2) is 9.97 Å². The summed E-state index contributed by atoms with van der Waals surface area (Å²) >= 11 is 0. The number of hydrogen-bond donors (Lipinski definition) is 0. The second-order valence-corrected chi connectivity index (χ2v) is 6.99. The third-order valence-corrected chi connectivity index (χ3v) is 4.92. The summed E-state index contributed by atoms with van der Waals surface area (Å²) in [6.45, 7) is 0.988. The van der Waals surface area contributed by atoms with Gasteiger partial charge >= 0.3 is 0 Å². The maximum absolute atomic E-state index is 6.09. The van der Waals surface area contributed by atoms with E-state index in [-0.39, 0.29) is 0 Å². The number of nitrogens with zero attached hydrogens (tertiary/aromatic N) is 4. The SMILES string of the molecule is COCc1oc(-c2nn(Cc3ccccc3)c3ccccc23)nc1Cc1cocn1. The predicted molar refractivity (Wildman–Crippen MR) is 111 cm³/mol. The molecule has 5 rings (SSSR count). The van der Waals surface area contributed by atoms with E-state index in [2.05, 4.69) is 23.2 Å². The first-order chi connectivity index (χ1) is 14.8. The van der Waals surface area contributed by atoms with E-state index >= 15 is 0 Å². The molecule has 0 saturated heterocycles. The summed E-state index contributed by atoms with van der Waals surface area (Å²) in [5.41, 5.74) is 4.47. The van der Waals surface area contributed by atoms with E-state index in [1.54, 1.807) is 13.4 Å². The number of para-hydroxylation sites is 1. The van der Waals surface area contributed by atoms with Crippen molar-refractivity contribution in [3.8, 4) is 11.6 Å². The number of aromatic nitrogens is 4. The van der Waals surface area contributed by atoms with Gasteiger partial charge in [-0.2, -0.15) is 5.10 Å². The van der Waals surface area contributed by atoms with Crippen LogP contribution < -0.4 is 0 Å². The summed E-state index contributed by atoms with van der Waals surface area (Å²) in [7, 11) is 1.63. The van der Waals surface area contributed by atoms with Crippen LogP contribution in [0.2, 0.25) is 0 Å². The molecule has 0 N–H and O–H groups in total. The molecule has 30 heavy (non-hydrogen) atoms. The van der Waals surface area contributed by atoms with Crippen LogP contribution in [0.15, 0.2) is 76.1 Å². The highest BCUT2D eigenvalue weighted by Gasteiger charge is 2.21. The number of rotatable bonds is 7. The van der Waals surface area contributed by atoms with Gasteiger partial charge in [-0.1, -0.05) is 48.5 Å². The molecule has 0 bridgehead atoms. The summed E-state index contributed by atoms with van der Waals surface area (Å²) < 4.78 is 18.5. The average Bonchev–Trinajstić information content (AvgIpc) is 3.50. The van der Waals surface area contributed by atoms with Crippen LogP contribution in [0.4, 0.5) is 0 Å². The lowest BCUT2D eigenvalue weighted by atomic mass is 10.2. The Kier molecular flexibility index (Phi) is 4.86. The number of benzene rings is 2. The fraction of sp³-hybridized carbons (Fsp3) is 0.174. The Morgan fingerprint density at radius 2 is 1.87 bits per heavy atom. The van der Waals surface area contributed by atoms with Crippen molar-refractivity contribution in [3.63, 3.8) is 0 Å². The molecule has 0 spiro atoms.